The number of rotatable bonds is 12. The van der Waals surface area contributed by atoms with Gasteiger partial charge in [0.2, 0.25) is 0 Å². The maximum atomic E-state index is 13.6. The summed E-state index contributed by atoms with van der Waals surface area (Å²) in [6.07, 6.45) is -3.10. The minimum absolute atomic E-state index is 0.122. The lowest BCUT2D eigenvalue weighted by atomic mass is 9.93. The Kier molecular flexibility index (Phi) is 9.92. The Hall–Kier alpha value is -1.70. The summed E-state index contributed by atoms with van der Waals surface area (Å²) < 4.78 is 61.4. The van der Waals surface area contributed by atoms with Crippen LogP contribution in [0.2, 0.25) is 5.02 Å². The molecule has 32 heavy (non-hydrogen) atoms. The molecule has 2 aromatic rings. The molecule has 0 aliphatic heterocycles. The number of alkyl halides is 3. The molecule has 2 rings (SSSR count). The molecule has 2 aromatic carbocycles. The fourth-order valence-electron chi connectivity index (χ4n) is 3.19. The molecule has 0 aromatic heterocycles. The molecule has 1 unspecified atom stereocenters. The SMILES string of the molecule is Cc1c(Cl)cccc1CCCOc1ccc(CCC(N)(CO)COP=O)cc1C(F)(F)F. The van der Waals surface area contributed by atoms with Crippen LogP contribution in [0.15, 0.2) is 36.4 Å². The second-order valence-electron chi connectivity index (χ2n) is 7.67. The standard InChI is InChI=1S/C22H26ClF3NO4P/c1-15-17(4-2-6-19(15)23)5-3-11-30-20-8-7-16(12-18(20)22(24,25)26)9-10-21(27,13-28)14-31-32-29/h2,4,6-8,12,28H,3,5,9-11,13-14,27H2,1H3. The summed E-state index contributed by atoms with van der Waals surface area (Å²) in [7, 11) is -0.580. The fraction of sp³-hybridized carbons (Fsp3) is 0.455. The van der Waals surface area contributed by atoms with Gasteiger partial charge in [0.25, 0.3) is 0 Å². The van der Waals surface area contributed by atoms with E-state index in [1.165, 1.54) is 12.1 Å². The van der Waals surface area contributed by atoms with E-state index in [0.717, 1.165) is 17.2 Å². The average Bonchev–Trinajstić information content (AvgIpc) is 2.76. The summed E-state index contributed by atoms with van der Waals surface area (Å²) in [6, 6.07) is 9.43. The molecule has 0 amide bonds. The smallest absolute Gasteiger partial charge is 0.419 e. The number of ether oxygens (including phenoxy) is 1. The molecular weight excluding hydrogens is 466 g/mol. The second-order valence-corrected chi connectivity index (χ2v) is 8.49. The monoisotopic (exact) mass is 491 g/mol. The Labute approximate surface area is 192 Å². The van der Waals surface area contributed by atoms with Gasteiger partial charge in [0, 0.05) is 5.02 Å². The molecule has 0 aliphatic carbocycles. The van der Waals surface area contributed by atoms with Crippen molar-refractivity contribution in [3.8, 4) is 5.75 Å². The van der Waals surface area contributed by atoms with Crippen LogP contribution in [0, 0.1) is 6.92 Å². The maximum absolute atomic E-state index is 13.6. The molecule has 3 N–H and O–H groups in total. The predicted octanol–water partition coefficient (Wildman–Crippen LogP) is 5.52. The third kappa shape index (κ3) is 7.71. The predicted molar refractivity (Wildman–Crippen MR) is 117 cm³/mol. The van der Waals surface area contributed by atoms with Gasteiger partial charge in [-0.25, -0.2) is 4.57 Å². The van der Waals surface area contributed by atoms with Crippen molar-refractivity contribution in [1.29, 1.82) is 0 Å². The van der Waals surface area contributed by atoms with Crippen molar-refractivity contribution in [1.82, 2.24) is 0 Å². The highest BCUT2D eigenvalue weighted by Gasteiger charge is 2.35. The normalized spacial score (nSPS) is 13.8. The molecular formula is C22H26ClF3NO4P. The zero-order valence-corrected chi connectivity index (χ0v) is 19.3. The number of hydrogen-bond acceptors (Lipinski definition) is 5. The number of hydrogen-bond donors (Lipinski definition) is 2. The van der Waals surface area contributed by atoms with Gasteiger partial charge in [-0.15, -0.1) is 0 Å². The van der Waals surface area contributed by atoms with Crippen molar-refractivity contribution in [2.75, 3.05) is 19.8 Å². The summed E-state index contributed by atoms with van der Waals surface area (Å²) >= 11 is 6.10. The first-order chi connectivity index (χ1) is 15.1. The van der Waals surface area contributed by atoms with Gasteiger partial charge in [-0.05, 0) is 67.5 Å². The summed E-state index contributed by atoms with van der Waals surface area (Å²) in [4.78, 5) is 0. The Bertz CT molecular complexity index is 913. The van der Waals surface area contributed by atoms with E-state index in [0.29, 0.717) is 23.4 Å². The average molecular weight is 492 g/mol. The first kappa shape index (κ1) is 26.6. The summed E-state index contributed by atoms with van der Waals surface area (Å²) in [5, 5.41) is 10.1. The largest absolute Gasteiger partial charge is 0.493 e. The van der Waals surface area contributed by atoms with E-state index in [9.17, 15) is 22.8 Å². The molecule has 176 valence electrons. The lowest BCUT2D eigenvalue weighted by Gasteiger charge is -2.25. The van der Waals surface area contributed by atoms with Crippen molar-refractivity contribution in [3.63, 3.8) is 0 Å². The van der Waals surface area contributed by atoms with E-state index in [-0.39, 0.29) is 31.8 Å². The van der Waals surface area contributed by atoms with Crippen LogP contribution in [0.3, 0.4) is 0 Å². The van der Waals surface area contributed by atoms with Gasteiger partial charge in [0.1, 0.15) is 5.75 Å². The van der Waals surface area contributed by atoms with Crippen molar-refractivity contribution in [3.05, 3.63) is 63.7 Å². The molecule has 10 heteroatoms. The van der Waals surface area contributed by atoms with Crippen molar-refractivity contribution < 1.29 is 32.1 Å². The van der Waals surface area contributed by atoms with Gasteiger partial charge in [0.05, 0.1) is 30.9 Å². The van der Waals surface area contributed by atoms with E-state index < -0.39 is 32.6 Å². The molecule has 0 bridgehead atoms. The van der Waals surface area contributed by atoms with Crippen molar-refractivity contribution in [2.24, 2.45) is 5.73 Å². The van der Waals surface area contributed by atoms with Gasteiger partial charge >= 0.3 is 14.9 Å². The highest BCUT2D eigenvalue weighted by atomic mass is 35.5. The van der Waals surface area contributed by atoms with Gasteiger partial charge in [0.15, 0.2) is 0 Å². The number of aliphatic hydroxyl groups excluding tert-OH is 1. The molecule has 0 aliphatic rings. The fourth-order valence-corrected chi connectivity index (χ4v) is 3.70. The van der Waals surface area contributed by atoms with Crippen LogP contribution in [-0.4, -0.2) is 30.5 Å². The molecule has 1 atom stereocenters. The number of nitrogens with two attached hydrogens (primary N) is 1. The summed E-state index contributed by atoms with van der Waals surface area (Å²) in [5.74, 6) is -0.237. The molecule has 0 saturated heterocycles. The van der Waals surface area contributed by atoms with Crippen LogP contribution in [-0.2, 0) is 28.1 Å². The van der Waals surface area contributed by atoms with E-state index in [1.807, 2.05) is 19.1 Å². The van der Waals surface area contributed by atoms with Crippen LogP contribution in [0.5, 0.6) is 5.75 Å². The topological polar surface area (TPSA) is 81.8 Å². The van der Waals surface area contributed by atoms with Gasteiger partial charge in [-0.1, -0.05) is 29.8 Å². The third-order valence-corrected chi connectivity index (χ3v) is 5.85. The van der Waals surface area contributed by atoms with Crippen LogP contribution >= 0.6 is 20.3 Å². The quantitative estimate of drug-likeness (QED) is 0.301. The molecule has 0 spiro atoms. The van der Waals surface area contributed by atoms with Crippen molar-refractivity contribution >= 4 is 20.3 Å². The van der Waals surface area contributed by atoms with Crippen LogP contribution in [0.25, 0.3) is 0 Å². The minimum Gasteiger partial charge on any atom is -0.493 e. The lowest BCUT2D eigenvalue weighted by molar-refractivity contribution is -0.139. The van der Waals surface area contributed by atoms with Gasteiger partial charge < -0.3 is 15.6 Å². The Morgan fingerprint density at radius 2 is 1.94 bits per heavy atom. The third-order valence-electron chi connectivity index (χ3n) is 5.21. The van der Waals surface area contributed by atoms with Crippen LogP contribution in [0.4, 0.5) is 13.2 Å². The van der Waals surface area contributed by atoms with E-state index >= 15 is 0 Å². The van der Waals surface area contributed by atoms with Gasteiger partial charge in [-0.3, -0.25) is 4.52 Å². The second kappa shape index (κ2) is 12.0. The number of aliphatic hydroxyl groups is 1. The maximum Gasteiger partial charge on any atom is 0.419 e. The molecule has 0 fully saturated rings. The Morgan fingerprint density at radius 1 is 1.19 bits per heavy atom. The van der Waals surface area contributed by atoms with Crippen LogP contribution < -0.4 is 10.5 Å². The Balaban J connectivity index is 2.03. The number of halogens is 4. The van der Waals surface area contributed by atoms with Crippen LogP contribution in [0.1, 0.15) is 35.1 Å². The number of aryl methyl sites for hydroxylation is 2. The zero-order chi connectivity index (χ0) is 23.8. The van der Waals surface area contributed by atoms with E-state index in [1.54, 1.807) is 6.07 Å². The zero-order valence-electron chi connectivity index (χ0n) is 17.6. The minimum atomic E-state index is -4.59. The van der Waals surface area contributed by atoms with Gasteiger partial charge in [-0.2, -0.15) is 13.2 Å². The lowest BCUT2D eigenvalue weighted by Crippen LogP contribution is -2.47. The highest BCUT2D eigenvalue weighted by molar-refractivity contribution is 7.17. The Morgan fingerprint density at radius 3 is 2.59 bits per heavy atom. The molecule has 0 radical (unpaired) electrons. The summed E-state index contributed by atoms with van der Waals surface area (Å²) in [6.45, 7) is 1.38. The number of benzene rings is 2. The molecule has 5 nitrogen and oxygen atoms in total. The van der Waals surface area contributed by atoms with E-state index in [4.69, 9.17) is 26.6 Å². The first-order valence-electron chi connectivity index (χ1n) is 10.0. The molecule has 0 saturated carbocycles. The van der Waals surface area contributed by atoms with Crippen molar-refractivity contribution in [2.45, 2.75) is 44.3 Å². The highest BCUT2D eigenvalue weighted by Crippen LogP contribution is 2.37. The van der Waals surface area contributed by atoms with E-state index in [2.05, 4.69) is 0 Å². The molecule has 0 heterocycles. The first-order valence-corrected chi connectivity index (χ1v) is 11.1. The summed E-state index contributed by atoms with van der Waals surface area (Å²) in [5.41, 5.74) is 6.26.